The number of hydrogen-bond donors (Lipinski definition) is 0. The predicted molar refractivity (Wildman–Crippen MR) is 114 cm³/mol. The third kappa shape index (κ3) is 4.15. The summed E-state index contributed by atoms with van der Waals surface area (Å²) in [6.07, 6.45) is 0.603. The van der Waals surface area contributed by atoms with Crippen LogP contribution in [0.2, 0.25) is 0 Å². The minimum absolute atomic E-state index is 0.0191. The maximum Gasteiger partial charge on any atom is 0.150 e. The van der Waals surface area contributed by atoms with Gasteiger partial charge in [-0.05, 0) is 30.2 Å². The molecule has 0 amide bonds. The molecule has 0 atom stereocenters. The minimum atomic E-state index is 0.0191. The molecule has 0 aliphatic carbocycles. The van der Waals surface area contributed by atoms with Crippen LogP contribution in [-0.2, 0) is 4.79 Å². The van der Waals surface area contributed by atoms with Crippen LogP contribution < -0.4 is 0 Å². The lowest BCUT2D eigenvalue weighted by Crippen LogP contribution is -2.04. The van der Waals surface area contributed by atoms with E-state index in [2.05, 4.69) is 34.5 Å². The number of rotatable bonds is 6. The Hall–Kier alpha value is -2.92. The fourth-order valence-electron chi connectivity index (χ4n) is 3.21. The van der Waals surface area contributed by atoms with Gasteiger partial charge in [-0.1, -0.05) is 60.7 Å². The maximum atomic E-state index is 11.2. The summed E-state index contributed by atoms with van der Waals surface area (Å²) in [5, 5.41) is 9.31. The van der Waals surface area contributed by atoms with Crippen LogP contribution >= 0.6 is 11.8 Å². The van der Waals surface area contributed by atoms with E-state index in [1.165, 1.54) is 22.9 Å². The van der Waals surface area contributed by atoms with E-state index in [0.717, 1.165) is 22.3 Å². The quantitative estimate of drug-likeness (QED) is 0.577. The van der Waals surface area contributed by atoms with E-state index in [1.807, 2.05) is 48.5 Å². The highest BCUT2D eigenvalue weighted by Crippen LogP contribution is 2.33. The van der Waals surface area contributed by atoms with Gasteiger partial charge in [0.25, 0.3) is 0 Å². The summed E-state index contributed by atoms with van der Waals surface area (Å²) in [6, 6.07) is 24.7. The number of ketones is 1. The highest BCUT2D eigenvalue weighted by atomic mass is 32.2. The van der Waals surface area contributed by atoms with Gasteiger partial charge in [0.15, 0.2) is 5.76 Å². The number of carbonyl (C=O) groups excluding carboxylic acids is 1. The van der Waals surface area contributed by atoms with Gasteiger partial charge in [-0.15, -0.1) is 16.9 Å². The van der Waals surface area contributed by atoms with E-state index in [1.54, 1.807) is 6.92 Å². The van der Waals surface area contributed by atoms with Crippen molar-refractivity contribution in [3.8, 4) is 0 Å². The number of thioether (sulfide) groups is 1. The van der Waals surface area contributed by atoms with Gasteiger partial charge >= 0.3 is 0 Å². The van der Waals surface area contributed by atoms with Crippen molar-refractivity contribution in [2.45, 2.75) is 19.3 Å². The second-order valence-corrected chi connectivity index (χ2v) is 7.71. The Labute approximate surface area is 168 Å². The molecule has 1 aliphatic heterocycles. The normalized spacial score (nSPS) is 13.5. The molecule has 28 heavy (non-hydrogen) atoms. The summed E-state index contributed by atoms with van der Waals surface area (Å²) in [7, 11) is 0. The third-order valence-electron chi connectivity index (χ3n) is 4.50. The largest absolute Gasteiger partial charge is 0.459 e. The second-order valence-electron chi connectivity index (χ2n) is 6.66. The zero-order chi connectivity index (χ0) is 19.3. The molecule has 5 heteroatoms. The molecule has 0 saturated heterocycles. The van der Waals surface area contributed by atoms with Crippen molar-refractivity contribution in [3.63, 3.8) is 0 Å². The fraction of sp³-hybridized carbons (Fsp3) is 0.174. The van der Waals surface area contributed by atoms with Crippen molar-refractivity contribution >= 4 is 28.3 Å². The summed E-state index contributed by atoms with van der Waals surface area (Å²) in [5.74, 6) is 2.18. The minimum Gasteiger partial charge on any atom is -0.459 e. The molecule has 0 saturated carbocycles. The first kappa shape index (κ1) is 18.4. The van der Waals surface area contributed by atoms with Crippen LogP contribution in [0.15, 0.2) is 87.4 Å². The van der Waals surface area contributed by atoms with Gasteiger partial charge in [-0.2, -0.15) is 5.10 Å². The number of benzene rings is 2. The Balaban J connectivity index is 1.58. The van der Waals surface area contributed by atoms with Crippen LogP contribution in [0.3, 0.4) is 0 Å². The highest BCUT2D eigenvalue weighted by Gasteiger charge is 2.23. The summed E-state index contributed by atoms with van der Waals surface area (Å²) in [6.45, 7) is 1.58. The number of hydrogen-bond acceptors (Lipinski definition) is 5. The standard InChI is InChI=1S/C23H20N2O2S/c1-16(26)15-28-22-14-19(24-25-22)20-12-13-21(27-20)23(17-8-4-2-5-9-17)18-10-6-3-7-11-18/h2-13,23H,14-15H2,1H3. The lowest BCUT2D eigenvalue weighted by atomic mass is 9.89. The lowest BCUT2D eigenvalue weighted by molar-refractivity contribution is -0.114. The van der Waals surface area contributed by atoms with Crippen LogP contribution in [0.4, 0.5) is 0 Å². The van der Waals surface area contributed by atoms with Crippen molar-refractivity contribution in [2.75, 3.05) is 5.75 Å². The number of carbonyl (C=O) groups is 1. The molecule has 4 rings (SSSR count). The molecule has 4 nitrogen and oxygen atoms in total. The molecule has 1 aliphatic rings. The summed E-state index contributed by atoms with van der Waals surface area (Å²) >= 11 is 1.44. The molecule has 2 heterocycles. The van der Waals surface area contributed by atoms with Gasteiger partial charge in [-0.25, -0.2) is 0 Å². The van der Waals surface area contributed by atoms with Crippen LogP contribution in [0, 0.1) is 0 Å². The third-order valence-corrected chi connectivity index (χ3v) is 5.61. The first-order chi connectivity index (χ1) is 13.7. The molecule has 140 valence electrons. The topological polar surface area (TPSA) is 54.9 Å². The first-order valence-electron chi connectivity index (χ1n) is 9.16. The molecule has 1 aromatic heterocycles. The number of Topliss-reactive ketones (excluding diaryl/α,β-unsaturated/α-hetero) is 1. The van der Waals surface area contributed by atoms with Crippen LogP contribution in [-0.4, -0.2) is 22.3 Å². The van der Waals surface area contributed by atoms with E-state index in [9.17, 15) is 4.79 Å². The molecule has 0 radical (unpaired) electrons. The average Bonchev–Trinajstić information content (AvgIpc) is 3.38. The van der Waals surface area contributed by atoms with Crippen molar-refractivity contribution in [2.24, 2.45) is 10.2 Å². The fourth-order valence-corrected chi connectivity index (χ4v) is 3.91. The molecule has 2 aromatic carbocycles. The van der Waals surface area contributed by atoms with Crippen LogP contribution in [0.1, 0.15) is 41.9 Å². The second kappa shape index (κ2) is 8.40. The predicted octanol–water partition coefficient (Wildman–Crippen LogP) is 5.29. The van der Waals surface area contributed by atoms with Crippen molar-refractivity contribution < 1.29 is 9.21 Å². The number of nitrogens with zero attached hydrogens (tertiary/aromatic N) is 2. The smallest absolute Gasteiger partial charge is 0.150 e. The van der Waals surface area contributed by atoms with E-state index in [4.69, 9.17) is 4.42 Å². The van der Waals surface area contributed by atoms with E-state index < -0.39 is 0 Å². The molecule has 0 fully saturated rings. The molecule has 0 N–H and O–H groups in total. The summed E-state index contributed by atoms with van der Waals surface area (Å²) < 4.78 is 6.23. The van der Waals surface area contributed by atoms with Gasteiger partial charge in [-0.3, -0.25) is 4.79 Å². The summed E-state index contributed by atoms with van der Waals surface area (Å²) in [5.41, 5.74) is 3.16. The Morgan fingerprint density at radius 3 is 2.21 bits per heavy atom. The van der Waals surface area contributed by atoms with E-state index in [-0.39, 0.29) is 11.7 Å². The SMILES string of the molecule is CC(=O)CSC1=NN=C(c2ccc(C(c3ccccc3)c3ccccc3)o2)C1. The lowest BCUT2D eigenvalue weighted by Gasteiger charge is -2.15. The molecular formula is C23H20N2O2S. The highest BCUT2D eigenvalue weighted by molar-refractivity contribution is 8.14. The van der Waals surface area contributed by atoms with Gasteiger partial charge in [0, 0.05) is 6.42 Å². The van der Waals surface area contributed by atoms with Gasteiger partial charge < -0.3 is 4.42 Å². The van der Waals surface area contributed by atoms with Crippen LogP contribution in [0.25, 0.3) is 0 Å². The zero-order valence-corrected chi connectivity index (χ0v) is 16.4. The maximum absolute atomic E-state index is 11.2. The Morgan fingerprint density at radius 2 is 1.61 bits per heavy atom. The molecular weight excluding hydrogens is 368 g/mol. The van der Waals surface area contributed by atoms with Gasteiger partial charge in [0.05, 0.1) is 11.7 Å². The molecule has 0 unspecified atom stereocenters. The number of furan rings is 1. The van der Waals surface area contributed by atoms with Crippen molar-refractivity contribution in [1.29, 1.82) is 0 Å². The van der Waals surface area contributed by atoms with E-state index >= 15 is 0 Å². The first-order valence-corrected chi connectivity index (χ1v) is 10.1. The van der Waals surface area contributed by atoms with Gasteiger partial charge in [0.2, 0.25) is 0 Å². The Morgan fingerprint density at radius 1 is 0.964 bits per heavy atom. The molecule has 3 aromatic rings. The summed E-state index contributed by atoms with van der Waals surface area (Å²) in [4.78, 5) is 11.2. The van der Waals surface area contributed by atoms with E-state index in [0.29, 0.717) is 12.2 Å². The molecule has 0 spiro atoms. The monoisotopic (exact) mass is 388 g/mol. The molecule has 0 bridgehead atoms. The zero-order valence-electron chi connectivity index (χ0n) is 15.5. The van der Waals surface area contributed by atoms with Gasteiger partial charge in [0.1, 0.15) is 22.3 Å². The Bertz CT molecular complexity index is 984. The van der Waals surface area contributed by atoms with Crippen LogP contribution in [0.5, 0.6) is 0 Å². The van der Waals surface area contributed by atoms with Crippen molar-refractivity contribution in [3.05, 3.63) is 95.4 Å². The average molecular weight is 388 g/mol. The Kier molecular flexibility index (Phi) is 5.53. The van der Waals surface area contributed by atoms with Crippen molar-refractivity contribution in [1.82, 2.24) is 0 Å².